The zero-order valence-electron chi connectivity index (χ0n) is 17.6. The van der Waals surface area contributed by atoms with Gasteiger partial charge in [-0.2, -0.15) is 0 Å². The average molecular weight is 418 g/mol. The standard InChI is InChI=1S/C25H27N3O3/c29-23-21(24(30)28(25(31)26-23)18-8-2-1-3-9-18)16-17-12-13-22(27-14-6-7-15-27)20-11-5-4-10-19(17)20/h4-5,10-13,16,18H,1-3,6-9,14-15H2,(H,26,29,31). The lowest BCUT2D eigenvalue weighted by Crippen LogP contribution is -2.58. The lowest BCUT2D eigenvalue weighted by molar-refractivity contribution is -0.132. The van der Waals surface area contributed by atoms with Crippen LogP contribution in [0.3, 0.4) is 0 Å². The summed E-state index contributed by atoms with van der Waals surface area (Å²) in [5.74, 6) is -1.09. The number of hydrogen-bond acceptors (Lipinski definition) is 4. The van der Waals surface area contributed by atoms with Crippen LogP contribution in [0.2, 0.25) is 0 Å². The highest BCUT2D eigenvalue weighted by atomic mass is 16.2. The van der Waals surface area contributed by atoms with Gasteiger partial charge in [0, 0.05) is 30.2 Å². The molecule has 2 heterocycles. The summed E-state index contributed by atoms with van der Waals surface area (Å²) in [6, 6.07) is 11.4. The third kappa shape index (κ3) is 3.60. The number of carbonyl (C=O) groups is 3. The van der Waals surface area contributed by atoms with Crippen LogP contribution in [0.1, 0.15) is 50.5 Å². The van der Waals surface area contributed by atoms with Crippen LogP contribution in [0.4, 0.5) is 10.5 Å². The van der Waals surface area contributed by atoms with E-state index in [0.29, 0.717) is 0 Å². The first kappa shape index (κ1) is 19.8. The van der Waals surface area contributed by atoms with Crippen LogP contribution in [0.15, 0.2) is 42.0 Å². The highest BCUT2D eigenvalue weighted by molar-refractivity contribution is 6.31. The van der Waals surface area contributed by atoms with Crippen molar-refractivity contribution in [2.75, 3.05) is 18.0 Å². The molecule has 31 heavy (non-hydrogen) atoms. The highest BCUT2D eigenvalue weighted by Gasteiger charge is 2.40. The first-order valence-electron chi connectivity index (χ1n) is 11.3. The van der Waals surface area contributed by atoms with E-state index in [2.05, 4.69) is 22.3 Å². The van der Waals surface area contributed by atoms with Crippen molar-refractivity contribution in [1.82, 2.24) is 10.2 Å². The highest BCUT2D eigenvalue weighted by Crippen LogP contribution is 2.33. The van der Waals surface area contributed by atoms with Crippen molar-refractivity contribution in [3.05, 3.63) is 47.5 Å². The normalized spacial score (nSPS) is 21.9. The number of nitrogens with one attached hydrogen (secondary N) is 1. The van der Waals surface area contributed by atoms with Gasteiger partial charge in [-0.25, -0.2) is 4.79 Å². The number of carbonyl (C=O) groups excluding carboxylic acids is 3. The van der Waals surface area contributed by atoms with Crippen LogP contribution in [0, 0.1) is 0 Å². The Kier molecular flexibility index (Phi) is 5.22. The Morgan fingerprint density at radius 3 is 2.29 bits per heavy atom. The maximum Gasteiger partial charge on any atom is 0.331 e. The van der Waals surface area contributed by atoms with Crippen LogP contribution < -0.4 is 10.2 Å². The number of barbiturate groups is 1. The van der Waals surface area contributed by atoms with E-state index in [4.69, 9.17) is 0 Å². The van der Waals surface area contributed by atoms with E-state index in [1.54, 1.807) is 6.08 Å². The zero-order valence-corrected chi connectivity index (χ0v) is 17.6. The Hall–Kier alpha value is -3.15. The van der Waals surface area contributed by atoms with Gasteiger partial charge in [0.1, 0.15) is 5.57 Å². The molecule has 0 radical (unpaired) electrons. The minimum Gasteiger partial charge on any atom is -0.371 e. The third-order valence-electron chi connectivity index (χ3n) is 6.75. The van der Waals surface area contributed by atoms with Crippen molar-refractivity contribution in [3.63, 3.8) is 0 Å². The molecule has 4 amide bonds. The maximum absolute atomic E-state index is 13.2. The van der Waals surface area contributed by atoms with Crippen LogP contribution in [-0.2, 0) is 9.59 Å². The van der Waals surface area contributed by atoms with Gasteiger partial charge in [-0.3, -0.25) is 19.8 Å². The maximum atomic E-state index is 13.2. The molecular formula is C25H27N3O3. The molecule has 2 aliphatic heterocycles. The zero-order chi connectivity index (χ0) is 21.4. The molecule has 2 aromatic carbocycles. The van der Waals surface area contributed by atoms with Crippen molar-refractivity contribution in [2.24, 2.45) is 0 Å². The molecule has 1 aliphatic carbocycles. The van der Waals surface area contributed by atoms with Gasteiger partial charge >= 0.3 is 6.03 Å². The Morgan fingerprint density at radius 2 is 1.55 bits per heavy atom. The van der Waals surface area contributed by atoms with E-state index in [-0.39, 0.29) is 11.6 Å². The topological polar surface area (TPSA) is 69.7 Å². The number of fused-ring (bicyclic) bond motifs is 1. The summed E-state index contributed by atoms with van der Waals surface area (Å²) in [6.45, 7) is 2.09. The fourth-order valence-corrected chi connectivity index (χ4v) is 5.16. The number of rotatable bonds is 3. The van der Waals surface area contributed by atoms with Gasteiger partial charge in [-0.05, 0) is 48.8 Å². The van der Waals surface area contributed by atoms with E-state index in [1.807, 2.05) is 24.3 Å². The predicted octanol–water partition coefficient (Wildman–Crippen LogP) is 4.23. The van der Waals surface area contributed by atoms with Crippen molar-refractivity contribution < 1.29 is 14.4 Å². The molecule has 1 saturated carbocycles. The molecule has 6 nitrogen and oxygen atoms in total. The molecule has 2 aromatic rings. The van der Waals surface area contributed by atoms with E-state index in [9.17, 15) is 14.4 Å². The lowest BCUT2D eigenvalue weighted by atomic mass is 9.93. The lowest BCUT2D eigenvalue weighted by Gasteiger charge is -2.35. The number of anilines is 1. The fraction of sp³-hybridized carbons (Fsp3) is 0.400. The SMILES string of the molecule is O=C1NC(=O)N(C2CCCCC2)C(=O)C1=Cc1ccc(N2CCCC2)c2ccccc12. The summed E-state index contributed by atoms with van der Waals surface area (Å²) in [4.78, 5) is 42.0. The Bertz CT molecular complexity index is 1080. The van der Waals surface area contributed by atoms with Gasteiger partial charge in [0.25, 0.3) is 11.8 Å². The third-order valence-corrected chi connectivity index (χ3v) is 6.75. The van der Waals surface area contributed by atoms with Crippen LogP contribution in [0.25, 0.3) is 16.8 Å². The molecule has 160 valence electrons. The van der Waals surface area contributed by atoms with Gasteiger partial charge in [0.05, 0.1) is 0 Å². The molecule has 2 saturated heterocycles. The quantitative estimate of drug-likeness (QED) is 0.599. The summed E-state index contributed by atoms with van der Waals surface area (Å²) in [5, 5.41) is 4.50. The molecule has 0 bridgehead atoms. The summed E-state index contributed by atoms with van der Waals surface area (Å²) in [6.07, 6.45) is 8.75. The molecule has 3 aliphatic rings. The Balaban J connectivity index is 1.54. The van der Waals surface area contributed by atoms with Gasteiger partial charge in [-0.15, -0.1) is 0 Å². The van der Waals surface area contributed by atoms with E-state index in [0.717, 1.165) is 61.5 Å². The fourth-order valence-electron chi connectivity index (χ4n) is 5.16. The molecule has 5 rings (SSSR count). The molecule has 0 atom stereocenters. The van der Waals surface area contributed by atoms with E-state index < -0.39 is 17.8 Å². The summed E-state index contributed by atoms with van der Waals surface area (Å²) < 4.78 is 0. The number of imide groups is 2. The second-order valence-electron chi connectivity index (χ2n) is 8.70. The molecule has 0 unspecified atom stereocenters. The number of hydrogen-bond donors (Lipinski definition) is 1. The van der Waals surface area contributed by atoms with Crippen molar-refractivity contribution >= 4 is 40.4 Å². The number of benzene rings is 2. The minimum absolute atomic E-state index is 0.0317. The second-order valence-corrected chi connectivity index (χ2v) is 8.70. The molecule has 1 N–H and O–H groups in total. The smallest absolute Gasteiger partial charge is 0.331 e. The van der Waals surface area contributed by atoms with Gasteiger partial charge in [0.15, 0.2) is 0 Å². The molecule has 0 spiro atoms. The van der Waals surface area contributed by atoms with Crippen LogP contribution in [0.5, 0.6) is 0 Å². The summed E-state index contributed by atoms with van der Waals surface area (Å²) in [7, 11) is 0. The molecular weight excluding hydrogens is 390 g/mol. The van der Waals surface area contributed by atoms with Crippen molar-refractivity contribution in [3.8, 4) is 0 Å². The first-order chi connectivity index (χ1) is 15.1. The van der Waals surface area contributed by atoms with Gasteiger partial charge in [0.2, 0.25) is 0 Å². The second kappa shape index (κ2) is 8.17. The minimum atomic E-state index is -0.616. The molecule has 3 fully saturated rings. The van der Waals surface area contributed by atoms with E-state index >= 15 is 0 Å². The number of urea groups is 1. The Labute approximate surface area is 181 Å². The monoisotopic (exact) mass is 417 g/mol. The van der Waals surface area contributed by atoms with Crippen molar-refractivity contribution in [1.29, 1.82) is 0 Å². The summed E-state index contributed by atoms with van der Waals surface area (Å²) in [5.41, 5.74) is 2.04. The predicted molar refractivity (Wildman–Crippen MR) is 121 cm³/mol. The van der Waals surface area contributed by atoms with E-state index in [1.165, 1.54) is 23.4 Å². The Morgan fingerprint density at radius 1 is 0.839 bits per heavy atom. The largest absolute Gasteiger partial charge is 0.371 e. The number of amides is 4. The average Bonchev–Trinajstić information content (AvgIpc) is 3.32. The van der Waals surface area contributed by atoms with Gasteiger partial charge < -0.3 is 4.90 Å². The first-order valence-corrected chi connectivity index (χ1v) is 11.3. The van der Waals surface area contributed by atoms with Crippen molar-refractivity contribution in [2.45, 2.75) is 51.0 Å². The van der Waals surface area contributed by atoms with Crippen LogP contribution >= 0.6 is 0 Å². The molecule has 6 heteroatoms. The summed E-state index contributed by atoms with van der Waals surface area (Å²) >= 11 is 0. The van der Waals surface area contributed by atoms with Crippen LogP contribution in [-0.4, -0.2) is 41.9 Å². The van der Waals surface area contributed by atoms with Gasteiger partial charge in [-0.1, -0.05) is 49.6 Å². The number of nitrogens with zero attached hydrogens (tertiary/aromatic N) is 2. The molecule has 0 aromatic heterocycles.